The van der Waals surface area contributed by atoms with Crippen LogP contribution in [0.3, 0.4) is 0 Å². The van der Waals surface area contributed by atoms with Crippen LogP contribution < -0.4 is 5.32 Å². The number of thiocarbonyl (C=S) groups is 1. The van der Waals surface area contributed by atoms with Crippen LogP contribution in [0.25, 0.3) is 5.69 Å². The van der Waals surface area contributed by atoms with Crippen molar-refractivity contribution in [3.05, 3.63) is 82.4 Å². The predicted octanol–water partition coefficient (Wildman–Crippen LogP) is 4.96. The number of aryl methyl sites for hydroxylation is 3. The van der Waals surface area contributed by atoms with E-state index in [4.69, 9.17) is 12.2 Å². The van der Waals surface area contributed by atoms with E-state index in [1.165, 1.54) is 33.8 Å². The largest absolute Gasteiger partial charge is 0.352 e. The Labute approximate surface area is 178 Å². The zero-order chi connectivity index (χ0) is 20.7. The van der Waals surface area contributed by atoms with E-state index in [-0.39, 0.29) is 12.1 Å². The number of pyridine rings is 1. The van der Waals surface area contributed by atoms with Gasteiger partial charge in [-0.2, -0.15) is 0 Å². The number of para-hydroxylation sites is 1. The Morgan fingerprint density at radius 2 is 1.90 bits per heavy atom. The van der Waals surface area contributed by atoms with Crippen molar-refractivity contribution in [1.82, 2.24) is 19.8 Å². The molecule has 0 unspecified atom stereocenters. The van der Waals surface area contributed by atoms with Crippen LogP contribution in [-0.4, -0.2) is 26.6 Å². The summed E-state index contributed by atoms with van der Waals surface area (Å²) in [5, 5.41) is 4.25. The molecule has 1 aliphatic heterocycles. The van der Waals surface area contributed by atoms with Crippen LogP contribution >= 0.6 is 12.2 Å². The lowest BCUT2D eigenvalue weighted by Gasteiger charge is -2.25. The minimum atomic E-state index is 0.0326. The minimum absolute atomic E-state index is 0.0326. The normalized spacial score (nSPS) is 18.9. The molecule has 1 aliphatic rings. The molecule has 2 aromatic heterocycles. The van der Waals surface area contributed by atoms with Crippen molar-refractivity contribution in [2.24, 2.45) is 0 Å². The topological polar surface area (TPSA) is 33.1 Å². The van der Waals surface area contributed by atoms with Gasteiger partial charge in [-0.25, -0.2) is 0 Å². The van der Waals surface area contributed by atoms with Crippen molar-refractivity contribution in [3.63, 3.8) is 0 Å². The minimum Gasteiger partial charge on any atom is -0.352 e. The standard InChI is InChI=1S/C24H28N4S/c1-6-18-11-9-10-15(2)22(18)28-16(3)14-19(17(28)4)23-21(26-24(29)27(23)5)20-12-7-8-13-25-20/h7-14,21,23H,6H2,1-5H3,(H,26,29)/t21-,23-/m0/s1. The van der Waals surface area contributed by atoms with E-state index in [9.17, 15) is 0 Å². The molecule has 3 aromatic rings. The van der Waals surface area contributed by atoms with Crippen molar-refractivity contribution < 1.29 is 0 Å². The van der Waals surface area contributed by atoms with E-state index in [1.807, 2.05) is 18.3 Å². The van der Waals surface area contributed by atoms with Crippen LogP contribution in [0.2, 0.25) is 0 Å². The Morgan fingerprint density at radius 1 is 1.10 bits per heavy atom. The highest BCUT2D eigenvalue weighted by Gasteiger charge is 2.39. The molecular weight excluding hydrogens is 376 g/mol. The SMILES string of the molecule is CCc1cccc(C)c1-n1c(C)cc([C@H]2[C@H](c3ccccn3)NC(=S)N2C)c1C. The van der Waals surface area contributed by atoms with Gasteiger partial charge in [0, 0.05) is 24.6 Å². The van der Waals surface area contributed by atoms with Gasteiger partial charge < -0.3 is 14.8 Å². The number of nitrogens with zero attached hydrogens (tertiary/aromatic N) is 3. The number of hydrogen-bond acceptors (Lipinski definition) is 2. The first kappa shape index (κ1) is 19.6. The van der Waals surface area contributed by atoms with E-state index >= 15 is 0 Å². The lowest BCUT2D eigenvalue weighted by atomic mass is 9.97. The summed E-state index contributed by atoms with van der Waals surface area (Å²) in [7, 11) is 2.07. The second-order valence-electron chi connectivity index (χ2n) is 7.84. The summed E-state index contributed by atoms with van der Waals surface area (Å²) in [5.74, 6) is 0. The summed E-state index contributed by atoms with van der Waals surface area (Å²) in [5.41, 5.74) is 8.78. The van der Waals surface area contributed by atoms with E-state index < -0.39 is 0 Å². The molecule has 3 heterocycles. The molecule has 2 atom stereocenters. The molecule has 0 aliphatic carbocycles. The molecule has 0 saturated carbocycles. The molecule has 5 heteroatoms. The maximum absolute atomic E-state index is 5.61. The lowest BCUT2D eigenvalue weighted by Crippen LogP contribution is -2.25. The van der Waals surface area contributed by atoms with Crippen molar-refractivity contribution in [1.29, 1.82) is 0 Å². The van der Waals surface area contributed by atoms with Gasteiger partial charge in [0.25, 0.3) is 0 Å². The first-order valence-electron chi connectivity index (χ1n) is 10.2. The number of aromatic nitrogens is 2. The third kappa shape index (κ3) is 3.23. The second kappa shape index (κ2) is 7.64. The second-order valence-corrected chi connectivity index (χ2v) is 8.22. The van der Waals surface area contributed by atoms with Crippen LogP contribution in [0.5, 0.6) is 0 Å². The molecule has 0 bridgehead atoms. The number of hydrogen-bond donors (Lipinski definition) is 1. The van der Waals surface area contributed by atoms with Gasteiger partial charge in [0.15, 0.2) is 5.11 Å². The highest BCUT2D eigenvalue weighted by molar-refractivity contribution is 7.80. The van der Waals surface area contributed by atoms with Gasteiger partial charge in [0.2, 0.25) is 0 Å². The average Bonchev–Trinajstić information content (AvgIpc) is 3.17. The fourth-order valence-corrected chi connectivity index (χ4v) is 4.84. The van der Waals surface area contributed by atoms with Crippen molar-refractivity contribution >= 4 is 17.3 Å². The van der Waals surface area contributed by atoms with E-state index in [2.05, 4.69) is 84.8 Å². The third-order valence-electron chi connectivity index (χ3n) is 6.05. The predicted molar refractivity (Wildman–Crippen MR) is 123 cm³/mol. The first-order valence-corrected chi connectivity index (χ1v) is 10.6. The Bertz CT molecular complexity index is 1050. The highest BCUT2D eigenvalue weighted by Crippen LogP contribution is 2.40. The molecule has 1 N–H and O–H groups in total. The van der Waals surface area contributed by atoms with Gasteiger partial charge in [-0.15, -0.1) is 0 Å². The van der Waals surface area contributed by atoms with Crippen LogP contribution in [0, 0.1) is 20.8 Å². The van der Waals surface area contributed by atoms with E-state index in [0.29, 0.717) is 0 Å². The molecule has 1 fully saturated rings. The first-order chi connectivity index (χ1) is 13.9. The molecular formula is C24H28N4S. The van der Waals surface area contributed by atoms with Crippen molar-refractivity contribution in [2.45, 2.75) is 46.2 Å². The number of benzene rings is 1. The Kier molecular flexibility index (Phi) is 5.17. The van der Waals surface area contributed by atoms with Crippen LogP contribution in [-0.2, 0) is 6.42 Å². The lowest BCUT2D eigenvalue weighted by molar-refractivity contribution is 0.367. The van der Waals surface area contributed by atoms with E-state index in [0.717, 1.165) is 17.2 Å². The zero-order valence-electron chi connectivity index (χ0n) is 17.7. The highest BCUT2D eigenvalue weighted by atomic mass is 32.1. The quantitative estimate of drug-likeness (QED) is 0.623. The summed E-state index contributed by atoms with van der Waals surface area (Å²) in [6.45, 7) is 8.83. The maximum atomic E-state index is 5.61. The van der Waals surface area contributed by atoms with Gasteiger partial charge in [0.05, 0.1) is 23.5 Å². The Balaban J connectivity index is 1.87. The summed E-state index contributed by atoms with van der Waals surface area (Å²) in [4.78, 5) is 6.77. The van der Waals surface area contributed by atoms with Crippen molar-refractivity contribution in [3.8, 4) is 5.69 Å². The Morgan fingerprint density at radius 3 is 2.59 bits per heavy atom. The molecule has 29 heavy (non-hydrogen) atoms. The fraction of sp³-hybridized carbons (Fsp3) is 0.333. The zero-order valence-corrected chi connectivity index (χ0v) is 18.5. The van der Waals surface area contributed by atoms with E-state index in [1.54, 1.807) is 0 Å². The molecule has 0 spiro atoms. The smallest absolute Gasteiger partial charge is 0.169 e. The molecule has 1 aromatic carbocycles. The van der Waals surface area contributed by atoms with Crippen LogP contribution in [0.4, 0.5) is 0 Å². The summed E-state index contributed by atoms with van der Waals surface area (Å²) in [6, 6.07) is 15.1. The van der Waals surface area contributed by atoms with Crippen molar-refractivity contribution in [2.75, 3.05) is 7.05 Å². The van der Waals surface area contributed by atoms with Gasteiger partial charge in [-0.1, -0.05) is 31.2 Å². The van der Waals surface area contributed by atoms with Gasteiger partial charge in [-0.05, 0) is 74.3 Å². The molecule has 150 valence electrons. The van der Waals surface area contributed by atoms with Gasteiger partial charge in [-0.3, -0.25) is 4.98 Å². The number of nitrogens with one attached hydrogen (secondary N) is 1. The summed E-state index contributed by atoms with van der Waals surface area (Å²) >= 11 is 5.61. The molecule has 4 nitrogen and oxygen atoms in total. The number of rotatable bonds is 4. The fourth-order valence-electron chi connectivity index (χ4n) is 4.60. The maximum Gasteiger partial charge on any atom is 0.169 e. The molecule has 1 saturated heterocycles. The monoisotopic (exact) mass is 404 g/mol. The van der Waals surface area contributed by atoms with Gasteiger partial charge >= 0.3 is 0 Å². The average molecular weight is 405 g/mol. The summed E-state index contributed by atoms with van der Waals surface area (Å²) < 4.78 is 2.41. The molecule has 0 amide bonds. The Hall–Kier alpha value is -2.66. The molecule has 4 rings (SSSR count). The number of likely N-dealkylation sites (N-methyl/N-ethyl adjacent to an activating group) is 1. The third-order valence-corrected chi connectivity index (χ3v) is 6.46. The van der Waals surface area contributed by atoms with Crippen LogP contribution in [0.15, 0.2) is 48.7 Å². The summed E-state index contributed by atoms with van der Waals surface area (Å²) in [6.07, 6.45) is 2.86. The van der Waals surface area contributed by atoms with Crippen LogP contribution in [0.1, 0.15) is 52.8 Å². The molecule has 0 radical (unpaired) electrons. The van der Waals surface area contributed by atoms with Gasteiger partial charge in [0.1, 0.15) is 0 Å².